The van der Waals surface area contributed by atoms with Crippen LogP contribution in [0, 0.1) is 28.9 Å². The van der Waals surface area contributed by atoms with Crippen LogP contribution in [0.3, 0.4) is 0 Å². The van der Waals surface area contributed by atoms with Gasteiger partial charge in [-0.2, -0.15) is 0 Å². The molecule has 0 unspecified atom stereocenters. The Kier molecular flexibility index (Phi) is 5.35. The zero-order chi connectivity index (χ0) is 18.7. The maximum absolute atomic E-state index is 12.1. The van der Waals surface area contributed by atoms with Gasteiger partial charge >= 0.3 is 5.97 Å². The number of nitro benzene ring substituents is 1. The normalized spacial score (nSPS) is 19.5. The lowest BCUT2D eigenvalue weighted by Crippen LogP contribution is -2.39. The number of nitrogens with one attached hydrogen (secondary N) is 1. The first-order valence-corrected chi connectivity index (χ1v) is 7.74. The highest BCUT2D eigenvalue weighted by molar-refractivity contribution is 5.97. The van der Waals surface area contributed by atoms with Crippen LogP contribution < -0.4 is 5.32 Å². The standard InChI is InChI=1S/C16H19N3O6/c1-9-5-11(3-4-13(9)19(24)25)15(21)17-6-14(20)18-7-10(2)12(8-18)16(22)23/h3-5,10,12H,6-8H2,1-2H3,(H,17,21)(H,22,23)/t10-,12-/m1/s1. The van der Waals surface area contributed by atoms with Gasteiger partial charge in [0.05, 0.1) is 17.4 Å². The molecule has 1 saturated heterocycles. The number of likely N-dealkylation sites (tertiary alicyclic amines) is 1. The molecule has 1 aromatic carbocycles. The molecule has 0 spiro atoms. The Hall–Kier alpha value is -2.97. The fourth-order valence-electron chi connectivity index (χ4n) is 2.86. The number of benzene rings is 1. The molecule has 0 aromatic heterocycles. The molecule has 134 valence electrons. The lowest BCUT2D eigenvalue weighted by atomic mass is 9.99. The Morgan fingerprint density at radius 1 is 1.36 bits per heavy atom. The second kappa shape index (κ2) is 7.29. The molecule has 2 amide bonds. The third-order valence-electron chi connectivity index (χ3n) is 4.34. The first kappa shape index (κ1) is 18.4. The van der Waals surface area contributed by atoms with E-state index in [1.165, 1.54) is 30.0 Å². The smallest absolute Gasteiger partial charge is 0.308 e. The average Bonchev–Trinajstić information content (AvgIpc) is 2.94. The van der Waals surface area contributed by atoms with Crippen molar-refractivity contribution in [3.8, 4) is 0 Å². The number of aliphatic carboxylic acids is 1. The maximum atomic E-state index is 12.1. The number of carbonyl (C=O) groups is 3. The largest absolute Gasteiger partial charge is 0.481 e. The van der Waals surface area contributed by atoms with Crippen LogP contribution in [0.1, 0.15) is 22.8 Å². The SMILES string of the molecule is Cc1cc(C(=O)NCC(=O)N2C[C@@H](C)[C@H](C(=O)O)C2)ccc1[N+](=O)[O-]. The van der Waals surface area contributed by atoms with Crippen molar-refractivity contribution >= 4 is 23.5 Å². The quantitative estimate of drug-likeness (QED) is 0.598. The zero-order valence-electron chi connectivity index (χ0n) is 13.9. The molecule has 1 aromatic rings. The monoisotopic (exact) mass is 349 g/mol. The van der Waals surface area contributed by atoms with Crippen LogP contribution in [0.25, 0.3) is 0 Å². The fourth-order valence-corrected chi connectivity index (χ4v) is 2.86. The van der Waals surface area contributed by atoms with Gasteiger partial charge < -0.3 is 15.3 Å². The van der Waals surface area contributed by atoms with Crippen molar-refractivity contribution < 1.29 is 24.4 Å². The fraction of sp³-hybridized carbons (Fsp3) is 0.438. The molecular weight excluding hydrogens is 330 g/mol. The van der Waals surface area contributed by atoms with E-state index in [2.05, 4.69) is 5.32 Å². The van der Waals surface area contributed by atoms with Crippen LogP contribution in [0.15, 0.2) is 18.2 Å². The molecule has 0 aliphatic carbocycles. The van der Waals surface area contributed by atoms with Crippen molar-refractivity contribution in [3.63, 3.8) is 0 Å². The molecule has 2 N–H and O–H groups in total. The summed E-state index contributed by atoms with van der Waals surface area (Å²) in [5.41, 5.74) is 0.481. The summed E-state index contributed by atoms with van der Waals surface area (Å²) in [6, 6.07) is 3.95. The van der Waals surface area contributed by atoms with E-state index in [0.717, 1.165) is 0 Å². The van der Waals surface area contributed by atoms with Gasteiger partial charge in [0.15, 0.2) is 0 Å². The van der Waals surface area contributed by atoms with Gasteiger partial charge in [0.25, 0.3) is 11.6 Å². The first-order valence-electron chi connectivity index (χ1n) is 7.74. The molecule has 1 aliphatic heterocycles. The molecule has 25 heavy (non-hydrogen) atoms. The lowest BCUT2D eigenvalue weighted by molar-refractivity contribution is -0.385. The summed E-state index contributed by atoms with van der Waals surface area (Å²) in [7, 11) is 0. The summed E-state index contributed by atoms with van der Waals surface area (Å²) >= 11 is 0. The van der Waals surface area contributed by atoms with Gasteiger partial charge in [0, 0.05) is 30.3 Å². The van der Waals surface area contributed by atoms with Gasteiger partial charge in [-0.15, -0.1) is 0 Å². The number of carbonyl (C=O) groups excluding carboxylic acids is 2. The maximum Gasteiger partial charge on any atom is 0.308 e. The third-order valence-corrected chi connectivity index (χ3v) is 4.34. The van der Waals surface area contributed by atoms with Gasteiger partial charge in [-0.1, -0.05) is 6.92 Å². The summed E-state index contributed by atoms with van der Waals surface area (Å²) in [5, 5.41) is 22.3. The predicted molar refractivity (Wildman–Crippen MR) is 87.0 cm³/mol. The van der Waals surface area contributed by atoms with Crippen molar-refractivity contribution in [3.05, 3.63) is 39.4 Å². The van der Waals surface area contributed by atoms with Crippen LogP contribution in [0.2, 0.25) is 0 Å². The number of amides is 2. The number of carboxylic acid groups (broad SMARTS) is 1. The minimum Gasteiger partial charge on any atom is -0.481 e. The molecule has 0 radical (unpaired) electrons. The van der Waals surface area contributed by atoms with Gasteiger partial charge in [-0.05, 0) is 25.0 Å². The number of carboxylic acids is 1. The van der Waals surface area contributed by atoms with E-state index in [1.54, 1.807) is 6.92 Å². The highest BCUT2D eigenvalue weighted by Gasteiger charge is 2.36. The molecule has 9 heteroatoms. The van der Waals surface area contributed by atoms with Crippen molar-refractivity contribution in [2.75, 3.05) is 19.6 Å². The van der Waals surface area contributed by atoms with E-state index in [-0.39, 0.29) is 36.2 Å². The summed E-state index contributed by atoms with van der Waals surface area (Å²) in [4.78, 5) is 47.0. The van der Waals surface area contributed by atoms with E-state index in [1.807, 2.05) is 0 Å². The highest BCUT2D eigenvalue weighted by atomic mass is 16.6. The Morgan fingerprint density at radius 2 is 2.04 bits per heavy atom. The number of aryl methyl sites for hydroxylation is 1. The number of rotatable bonds is 5. The van der Waals surface area contributed by atoms with E-state index in [0.29, 0.717) is 12.1 Å². The zero-order valence-corrected chi connectivity index (χ0v) is 13.9. The molecular formula is C16H19N3O6. The molecule has 1 heterocycles. The highest BCUT2D eigenvalue weighted by Crippen LogP contribution is 2.23. The van der Waals surface area contributed by atoms with Gasteiger partial charge in [-0.3, -0.25) is 24.5 Å². The van der Waals surface area contributed by atoms with Gasteiger partial charge in [0.1, 0.15) is 0 Å². The first-order chi connectivity index (χ1) is 11.7. The lowest BCUT2D eigenvalue weighted by Gasteiger charge is -2.16. The molecule has 9 nitrogen and oxygen atoms in total. The van der Waals surface area contributed by atoms with Gasteiger partial charge in [-0.25, -0.2) is 0 Å². The molecule has 1 aliphatic rings. The minimum absolute atomic E-state index is 0.0848. The van der Waals surface area contributed by atoms with E-state index in [9.17, 15) is 24.5 Å². The Bertz CT molecular complexity index is 733. The van der Waals surface area contributed by atoms with Crippen LogP contribution in [-0.4, -0.2) is 52.3 Å². The molecule has 2 rings (SSSR count). The number of nitrogens with zero attached hydrogens (tertiary/aromatic N) is 2. The van der Waals surface area contributed by atoms with Crippen LogP contribution in [0.5, 0.6) is 0 Å². The number of hydrogen-bond acceptors (Lipinski definition) is 5. The molecule has 0 bridgehead atoms. The average molecular weight is 349 g/mol. The molecule has 0 saturated carbocycles. The Labute approximate surface area is 143 Å². The Morgan fingerprint density at radius 3 is 2.56 bits per heavy atom. The van der Waals surface area contributed by atoms with Crippen LogP contribution in [0.4, 0.5) is 5.69 Å². The van der Waals surface area contributed by atoms with Crippen molar-refractivity contribution in [2.24, 2.45) is 11.8 Å². The van der Waals surface area contributed by atoms with Crippen molar-refractivity contribution in [1.29, 1.82) is 0 Å². The second-order valence-electron chi connectivity index (χ2n) is 6.16. The van der Waals surface area contributed by atoms with Crippen molar-refractivity contribution in [2.45, 2.75) is 13.8 Å². The topological polar surface area (TPSA) is 130 Å². The van der Waals surface area contributed by atoms with Crippen LogP contribution in [-0.2, 0) is 9.59 Å². The van der Waals surface area contributed by atoms with E-state index in [4.69, 9.17) is 5.11 Å². The predicted octanol–water partition coefficient (Wildman–Crippen LogP) is 0.812. The summed E-state index contributed by atoms with van der Waals surface area (Å²) < 4.78 is 0. The summed E-state index contributed by atoms with van der Waals surface area (Å²) in [6.45, 7) is 3.50. The number of nitro groups is 1. The number of hydrogen-bond donors (Lipinski definition) is 2. The van der Waals surface area contributed by atoms with Crippen LogP contribution >= 0.6 is 0 Å². The summed E-state index contributed by atoms with van der Waals surface area (Å²) in [5.74, 6) is -2.56. The second-order valence-corrected chi connectivity index (χ2v) is 6.16. The van der Waals surface area contributed by atoms with E-state index >= 15 is 0 Å². The Balaban J connectivity index is 1.94. The van der Waals surface area contributed by atoms with Gasteiger partial charge in [0.2, 0.25) is 5.91 Å². The molecule has 2 atom stereocenters. The van der Waals surface area contributed by atoms with E-state index < -0.39 is 22.7 Å². The van der Waals surface area contributed by atoms with Crippen molar-refractivity contribution in [1.82, 2.24) is 10.2 Å². The summed E-state index contributed by atoms with van der Waals surface area (Å²) in [6.07, 6.45) is 0. The molecule has 1 fully saturated rings. The third kappa shape index (κ3) is 4.11. The minimum atomic E-state index is -0.937.